The van der Waals surface area contributed by atoms with Gasteiger partial charge in [-0.2, -0.15) is 10.1 Å². The molecule has 1 atom stereocenters. The first-order chi connectivity index (χ1) is 12.0. The highest BCUT2D eigenvalue weighted by Gasteiger charge is 2.35. The van der Waals surface area contributed by atoms with Crippen LogP contribution in [0.2, 0.25) is 0 Å². The zero-order valence-electron chi connectivity index (χ0n) is 16.2. The van der Waals surface area contributed by atoms with Gasteiger partial charge in [-0.1, -0.05) is 58.3 Å². The van der Waals surface area contributed by atoms with Gasteiger partial charge in [0.25, 0.3) is 11.9 Å². The van der Waals surface area contributed by atoms with E-state index in [4.69, 9.17) is 0 Å². The topological polar surface area (TPSA) is 58.5 Å². The molecule has 1 aliphatic heterocycles. The van der Waals surface area contributed by atoms with Crippen LogP contribution in [0.15, 0.2) is 11.2 Å². The van der Waals surface area contributed by atoms with Crippen molar-refractivity contribution in [3.05, 3.63) is 17.5 Å². The lowest BCUT2D eigenvalue weighted by molar-refractivity contribution is -0.120. The normalized spacial score (nSPS) is 17.3. The van der Waals surface area contributed by atoms with Gasteiger partial charge in [-0.15, -0.1) is 0 Å². The number of hydrogen-bond acceptors (Lipinski definition) is 4. The van der Waals surface area contributed by atoms with E-state index in [-0.39, 0.29) is 11.8 Å². The zero-order valence-corrected chi connectivity index (χ0v) is 16.2. The molecule has 0 spiro atoms. The van der Waals surface area contributed by atoms with Gasteiger partial charge in [-0.3, -0.25) is 4.79 Å². The summed E-state index contributed by atoms with van der Waals surface area (Å²) in [6.07, 6.45) is 11.1. The van der Waals surface area contributed by atoms with Crippen molar-refractivity contribution in [2.24, 2.45) is 11.0 Å². The van der Waals surface area contributed by atoms with E-state index in [9.17, 15) is 4.79 Å². The molecule has 1 aliphatic rings. The second-order valence-electron chi connectivity index (χ2n) is 7.16. The molecule has 1 aromatic rings. The Labute approximate surface area is 151 Å². The maximum Gasteiger partial charge on any atom is 0.258 e. The van der Waals surface area contributed by atoms with E-state index in [0.29, 0.717) is 5.95 Å². The Balaban J connectivity index is 1.80. The van der Waals surface area contributed by atoms with E-state index < -0.39 is 0 Å². The van der Waals surface area contributed by atoms with E-state index in [1.165, 1.54) is 50.0 Å². The Bertz CT molecular complexity index is 591. The summed E-state index contributed by atoms with van der Waals surface area (Å²) in [6.45, 7) is 8.01. The molecule has 0 saturated heterocycles. The summed E-state index contributed by atoms with van der Waals surface area (Å²) in [5.74, 6) is 0.315. The molecule has 0 radical (unpaired) electrons. The quantitative estimate of drug-likeness (QED) is 0.563. The van der Waals surface area contributed by atoms with Gasteiger partial charge in [0, 0.05) is 17.1 Å². The smallest absolute Gasteiger partial charge is 0.258 e. The van der Waals surface area contributed by atoms with Gasteiger partial charge in [-0.05, 0) is 33.3 Å². The van der Waals surface area contributed by atoms with E-state index in [0.717, 1.165) is 29.9 Å². The lowest BCUT2D eigenvalue weighted by atomic mass is 9.96. The van der Waals surface area contributed by atoms with Gasteiger partial charge < -0.3 is 0 Å². The van der Waals surface area contributed by atoms with Crippen LogP contribution in [0.25, 0.3) is 0 Å². The van der Waals surface area contributed by atoms with Gasteiger partial charge in [-0.25, -0.2) is 9.97 Å². The third-order valence-electron chi connectivity index (χ3n) is 4.78. The first-order valence-electron chi connectivity index (χ1n) is 9.74. The Morgan fingerprint density at radius 3 is 2.08 bits per heavy atom. The Morgan fingerprint density at radius 2 is 1.48 bits per heavy atom. The van der Waals surface area contributed by atoms with Crippen molar-refractivity contribution < 1.29 is 4.79 Å². The highest BCUT2D eigenvalue weighted by Crippen LogP contribution is 2.25. The molecule has 0 fully saturated rings. The summed E-state index contributed by atoms with van der Waals surface area (Å²) in [4.78, 5) is 21.4. The molecule has 1 amide bonds. The predicted molar refractivity (Wildman–Crippen MR) is 103 cm³/mol. The minimum atomic E-state index is -0.107. The molecule has 25 heavy (non-hydrogen) atoms. The van der Waals surface area contributed by atoms with Gasteiger partial charge in [0.1, 0.15) is 0 Å². The average molecular weight is 345 g/mol. The van der Waals surface area contributed by atoms with E-state index >= 15 is 0 Å². The van der Waals surface area contributed by atoms with Crippen LogP contribution >= 0.6 is 0 Å². The first kappa shape index (κ1) is 19.5. The maximum absolute atomic E-state index is 12.7. The van der Waals surface area contributed by atoms with Crippen LogP contribution in [0, 0.1) is 19.8 Å². The number of carbonyl (C=O) groups is 1. The second-order valence-corrected chi connectivity index (χ2v) is 7.16. The molecule has 0 aliphatic carbocycles. The number of hydrogen-bond donors (Lipinski definition) is 0. The third-order valence-corrected chi connectivity index (χ3v) is 4.78. The number of aryl methyl sites for hydroxylation is 2. The minimum Gasteiger partial charge on any atom is -0.272 e. The lowest BCUT2D eigenvalue weighted by Gasteiger charge is -2.13. The van der Waals surface area contributed by atoms with Crippen molar-refractivity contribution in [2.75, 3.05) is 5.01 Å². The van der Waals surface area contributed by atoms with Gasteiger partial charge in [0.05, 0.1) is 5.92 Å². The van der Waals surface area contributed by atoms with Gasteiger partial charge in [0.15, 0.2) is 0 Å². The number of nitrogens with zero attached hydrogens (tertiary/aromatic N) is 4. The van der Waals surface area contributed by atoms with Crippen molar-refractivity contribution in [1.82, 2.24) is 9.97 Å². The molecule has 2 rings (SSSR count). The molecular formula is C20H32N4O. The maximum atomic E-state index is 12.7. The standard InChI is InChI=1S/C20H32N4O/c1-5-6-7-8-9-10-11-12-13-18-17(4)23-24(19(18)25)20-21-15(2)14-16(3)22-20/h14,18H,5-13H2,1-4H3/t18-/m1/s1. The highest BCUT2D eigenvalue weighted by molar-refractivity contribution is 6.14. The molecule has 0 saturated carbocycles. The average Bonchev–Trinajstić information content (AvgIpc) is 2.84. The lowest BCUT2D eigenvalue weighted by Crippen LogP contribution is -2.28. The number of rotatable bonds is 10. The summed E-state index contributed by atoms with van der Waals surface area (Å²) < 4.78 is 0. The van der Waals surface area contributed by atoms with Crippen molar-refractivity contribution in [2.45, 2.75) is 85.5 Å². The van der Waals surface area contributed by atoms with Gasteiger partial charge >= 0.3 is 0 Å². The molecule has 0 bridgehead atoms. The summed E-state index contributed by atoms with van der Waals surface area (Å²) >= 11 is 0. The number of aromatic nitrogens is 2. The molecule has 1 aromatic heterocycles. The first-order valence-corrected chi connectivity index (χ1v) is 9.74. The number of unbranched alkanes of at least 4 members (excludes halogenated alkanes) is 7. The fourth-order valence-electron chi connectivity index (χ4n) is 3.36. The molecule has 0 unspecified atom stereocenters. The second kappa shape index (κ2) is 9.64. The molecule has 2 heterocycles. The molecule has 5 nitrogen and oxygen atoms in total. The Hall–Kier alpha value is -1.78. The molecule has 0 aromatic carbocycles. The van der Waals surface area contributed by atoms with E-state index in [1.807, 2.05) is 26.8 Å². The van der Waals surface area contributed by atoms with Crippen LogP contribution in [0.4, 0.5) is 5.95 Å². The summed E-state index contributed by atoms with van der Waals surface area (Å²) in [5.41, 5.74) is 2.60. The van der Waals surface area contributed by atoms with Crippen molar-refractivity contribution in [1.29, 1.82) is 0 Å². The number of anilines is 1. The van der Waals surface area contributed by atoms with Crippen LogP contribution < -0.4 is 5.01 Å². The van der Waals surface area contributed by atoms with E-state index in [1.54, 1.807) is 0 Å². The largest absolute Gasteiger partial charge is 0.272 e. The molecule has 5 heteroatoms. The fourth-order valence-corrected chi connectivity index (χ4v) is 3.36. The van der Waals surface area contributed by atoms with Crippen LogP contribution in [0.5, 0.6) is 0 Å². The van der Waals surface area contributed by atoms with Crippen LogP contribution in [0.3, 0.4) is 0 Å². The molecule has 138 valence electrons. The summed E-state index contributed by atoms with van der Waals surface area (Å²) in [5, 5.41) is 5.82. The molecule has 0 N–H and O–H groups in total. The fraction of sp³-hybridized carbons (Fsp3) is 0.700. The number of hydrazone groups is 1. The summed E-state index contributed by atoms with van der Waals surface area (Å²) in [7, 11) is 0. The van der Waals surface area contributed by atoms with Crippen molar-refractivity contribution in [3.8, 4) is 0 Å². The Morgan fingerprint density at radius 1 is 0.920 bits per heavy atom. The predicted octanol–water partition coefficient (Wildman–Crippen LogP) is 4.96. The Kier molecular flexibility index (Phi) is 7.53. The van der Waals surface area contributed by atoms with Crippen LogP contribution in [0.1, 0.15) is 83.0 Å². The number of amides is 1. The van der Waals surface area contributed by atoms with Crippen LogP contribution in [-0.2, 0) is 4.79 Å². The summed E-state index contributed by atoms with van der Waals surface area (Å²) in [6, 6.07) is 1.90. The van der Waals surface area contributed by atoms with Crippen molar-refractivity contribution >= 4 is 17.6 Å². The zero-order chi connectivity index (χ0) is 18.2. The monoisotopic (exact) mass is 344 g/mol. The molecular weight excluding hydrogens is 312 g/mol. The SMILES string of the molecule is CCCCCCCCCC[C@H]1C(=O)N(c2nc(C)cc(C)n2)N=C1C. The van der Waals surface area contributed by atoms with Crippen molar-refractivity contribution in [3.63, 3.8) is 0 Å². The van der Waals surface area contributed by atoms with Gasteiger partial charge in [0.2, 0.25) is 0 Å². The van der Waals surface area contributed by atoms with Crippen LogP contribution in [-0.4, -0.2) is 21.6 Å². The number of carbonyl (C=O) groups excluding carboxylic acids is 1. The third kappa shape index (κ3) is 5.62. The highest BCUT2D eigenvalue weighted by atomic mass is 16.2. The minimum absolute atomic E-state index is 0.0189. The van der Waals surface area contributed by atoms with E-state index in [2.05, 4.69) is 22.0 Å².